The molecule has 0 atom stereocenters. The summed E-state index contributed by atoms with van der Waals surface area (Å²) in [6.45, 7) is 1.80. The molecule has 0 bridgehead atoms. The number of rotatable bonds is 2. The van der Waals surface area contributed by atoms with E-state index in [1.54, 1.807) is 14.0 Å². The highest BCUT2D eigenvalue weighted by molar-refractivity contribution is 6.33. The Morgan fingerprint density at radius 3 is 2.62 bits per heavy atom. The lowest BCUT2D eigenvalue weighted by Crippen LogP contribution is -2.32. The predicted octanol–water partition coefficient (Wildman–Crippen LogP) is 2.05. The van der Waals surface area contributed by atoms with E-state index in [1.165, 1.54) is 17.5 Å². The Morgan fingerprint density at radius 1 is 1.50 bits per heavy atom. The highest BCUT2D eigenvalue weighted by Crippen LogP contribution is 2.21. The van der Waals surface area contributed by atoms with Gasteiger partial charge in [0.1, 0.15) is 5.15 Å². The highest BCUT2D eigenvalue weighted by atomic mass is 35.5. The first-order chi connectivity index (χ1) is 7.59. The molecule has 4 nitrogen and oxygen atoms in total. The van der Waals surface area contributed by atoms with Crippen molar-refractivity contribution >= 4 is 17.5 Å². The van der Waals surface area contributed by atoms with Crippen LogP contribution >= 0.6 is 11.6 Å². The Morgan fingerprint density at radius 2 is 2.12 bits per heavy atom. The number of amides is 1. The molecular weight excluding hydrogens is 226 g/mol. The lowest BCUT2D eigenvalue weighted by molar-refractivity contribution is 0.0937. The fourth-order valence-corrected chi connectivity index (χ4v) is 2.48. The molecule has 1 fully saturated rings. The van der Waals surface area contributed by atoms with Gasteiger partial charge < -0.3 is 5.32 Å². The monoisotopic (exact) mass is 241 g/mol. The minimum absolute atomic E-state index is 0.0949. The van der Waals surface area contributed by atoms with Crippen LogP contribution in [0.25, 0.3) is 0 Å². The molecule has 1 saturated carbocycles. The lowest BCUT2D eigenvalue weighted by atomic mass is 10.2. The molecule has 16 heavy (non-hydrogen) atoms. The molecule has 1 N–H and O–H groups in total. The van der Waals surface area contributed by atoms with Crippen LogP contribution in [0.1, 0.15) is 41.7 Å². The number of halogens is 1. The average Bonchev–Trinajstić information content (AvgIpc) is 2.77. The summed E-state index contributed by atoms with van der Waals surface area (Å²) in [7, 11) is 1.74. The third-order valence-corrected chi connectivity index (χ3v) is 3.50. The Kier molecular flexibility index (Phi) is 3.19. The first-order valence-electron chi connectivity index (χ1n) is 5.59. The van der Waals surface area contributed by atoms with Crippen LogP contribution < -0.4 is 5.32 Å². The number of aryl methyl sites for hydroxylation is 2. The summed E-state index contributed by atoms with van der Waals surface area (Å²) in [5.41, 5.74) is 1.19. The molecule has 1 heterocycles. The minimum Gasteiger partial charge on any atom is -0.349 e. The molecule has 0 spiro atoms. The van der Waals surface area contributed by atoms with Gasteiger partial charge in [0.25, 0.3) is 5.91 Å². The molecule has 0 aromatic carbocycles. The van der Waals surface area contributed by atoms with E-state index in [9.17, 15) is 4.79 Å². The highest BCUT2D eigenvalue weighted by Gasteiger charge is 2.23. The van der Waals surface area contributed by atoms with Crippen LogP contribution in [-0.2, 0) is 7.05 Å². The maximum atomic E-state index is 12.0. The van der Waals surface area contributed by atoms with E-state index < -0.39 is 0 Å². The molecule has 0 unspecified atom stereocenters. The van der Waals surface area contributed by atoms with Crippen molar-refractivity contribution in [1.82, 2.24) is 15.1 Å². The topological polar surface area (TPSA) is 46.9 Å². The van der Waals surface area contributed by atoms with Gasteiger partial charge in [0, 0.05) is 13.1 Å². The van der Waals surface area contributed by atoms with Crippen LogP contribution in [0.4, 0.5) is 0 Å². The first-order valence-corrected chi connectivity index (χ1v) is 5.97. The van der Waals surface area contributed by atoms with Gasteiger partial charge in [-0.3, -0.25) is 9.48 Å². The fraction of sp³-hybridized carbons (Fsp3) is 0.636. The van der Waals surface area contributed by atoms with Crippen LogP contribution in [0.3, 0.4) is 0 Å². The van der Waals surface area contributed by atoms with Crippen LogP contribution in [0, 0.1) is 6.92 Å². The Bertz CT molecular complexity index is 408. The summed E-state index contributed by atoms with van der Waals surface area (Å²) in [5.74, 6) is -0.0949. The van der Waals surface area contributed by atoms with E-state index >= 15 is 0 Å². The van der Waals surface area contributed by atoms with Gasteiger partial charge >= 0.3 is 0 Å². The third-order valence-electron chi connectivity index (χ3n) is 3.07. The summed E-state index contributed by atoms with van der Waals surface area (Å²) in [5, 5.41) is 7.55. The van der Waals surface area contributed by atoms with Crippen molar-refractivity contribution in [3.8, 4) is 0 Å². The zero-order valence-electron chi connectivity index (χ0n) is 9.59. The standard InChI is InChI=1S/C11H16ClN3O/c1-7-9(10(12)15(2)14-7)11(16)13-8-5-3-4-6-8/h8H,3-6H2,1-2H3,(H,13,16). The molecule has 0 radical (unpaired) electrons. The molecule has 1 amide bonds. The summed E-state index contributed by atoms with van der Waals surface area (Å²) in [6.07, 6.45) is 4.54. The van der Waals surface area contributed by atoms with Crippen LogP contribution in [-0.4, -0.2) is 21.7 Å². The predicted molar refractivity (Wildman–Crippen MR) is 62.7 cm³/mol. The number of nitrogens with zero attached hydrogens (tertiary/aromatic N) is 2. The zero-order chi connectivity index (χ0) is 11.7. The van der Waals surface area contributed by atoms with Gasteiger partial charge in [-0.05, 0) is 19.8 Å². The fourth-order valence-electron chi connectivity index (χ4n) is 2.22. The Hall–Kier alpha value is -1.03. The second-order valence-electron chi connectivity index (χ2n) is 4.33. The van der Waals surface area contributed by atoms with E-state index in [2.05, 4.69) is 10.4 Å². The molecule has 1 aliphatic carbocycles. The van der Waals surface area contributed by atoms with Gasteiger partial charge in [-0.1, -0.05) is 24.4 Å². The molecule has 1 aliphatic rings. The van der Waals surface area contributed by atoms with Crippen LogP contribution in [0.5, 0.6) is 0 Å². The summed E-state index contributed by atoms with van der Waals surface area (Å²) in [6, 6.07) is 0.308. The number of hydrogen-bond acceptors (Lipinski definition) is 2. The smallest absolute Gasteiger partial charge is 0.256 e. The van der Waals surface area contributed by atoms with Crippen molar-refractivity contribution in [2.24, 2.45) is 7.05 Å². The minimum atomic E-state index is -0.0949. The SMILES string of the molecule is Cc1nn(C)c(Cl)c1C(=O)NC1CCCC1. The molecule has 88 valence electrons. The molecule has 5 heteroatoms. The number of nitrogens with one attached hydrogen (secondary N) is 1. The van der Waals surface area contributed by atoms with Crippen molar-refractivity contribution in [3.63, 3.8) is 0 Å². The summed E-state index contributed by atoms with van der Waals surface area (Å²) >= 11 is 6.03. The van der Waals surface area contributed by atoms with E-state index in [0.717, 1.165) is 12.8 Å². The van der Waals surface area contributed by atoms with Crippen LogP contribution in [0.2, 0.25) is 5.15 Å². The molecule has 2 rings (SSSR count). The summed E-state index contributed by atoms with van der Waals surface area (Å²) in [4.78, 5) is 12.0. The number of carbonyl (C=O) groups is 1. The second-order valence-corrected chi connectivity index (χ2v) is 4.69. The van der Waals surface area contributed by atoms with Crippen molar-refractivity contribution in [3.05, 3.63) is 16.4 Å². The normalized spacial score (nSPS) is 16.7. The first kappa shape index (κ1) is 11.5. The maximum Gasteiger partial charge on any atom is 0.256 e. The quantitative estimate of drug-likeness (QED) is 0.862. The zero-order valence-corrected chi connectivity index (χ0v) is 10.3. The third kappa shape index (κ3) is 2.07. The molecule has 1 aromatic rings. The van der Waals surface area contributed by atoms with Crippen molar-refractivity contribution in [1.29, 1.82) is 0 Å². The molecule has 0 aliphatic heterocycles. The van der Waals surface area contributed by atoms with Gasteiger partial charge in [0.05, 0.1) is 11.3 Å². The molecule has 1 aromatic heterocycles. The van der Waals surface area contributed by atoms with Gasteiger partial charge in [-0.25, -0.2) is 0 Å². The maximum absolute atomic E-state index is 12.0. The lowest BCUT2D eigenvalue weighted by Gasteiger charge is -2.11. The summed E-state index contributed by atoms with van der Waals surface area (Å²) < 4.78 is 1.53. The number of aromatic nitrogens is 2. The van der Waals surface area contributed by atoms with Gasteiger partial charge in [0.2, 0.25) is 0 Å². The van der Waals surface area contributed by atoms with E-state index in [-0.39, 0.29) is 5.91 Å². The van der Waals surface area contributed by atoms with E-state index in [1.807, 2.05) is 0 Å². The van der Waals surface area contributed by atoms with E-state index in [0.29, 0.717) is 22.5 Å². The van der Waals surface area contributed by atoms with Crippen LogP contribution in [0.15, 0.2) is 0 Å². The number of hydrogen-bond donors (Lipinski definition) is 1. The number of carbonyl (C=O) groups excluding carboxylic acids is 1. The molecular formula is C11H16ClN3O. The van der Waals surface area contributed by atoms with Gasteiger partial charge in [-0.15, -0.1) is 0 Å². The Balaban J connectivity index is 2.13. The van der Waals surface area contributed by atoms with Crippen molar-refractivity contribution in [2.45, 2.75) is 38.6 Å². The van der Waals surface area contributed by atoms with E-state index in [4.69, 9.17) is 11.6 Å². The van der Waals surface area contributed by atoms with Gasteiger partial charge in [0.15, 0.2) is 0 Å². The van der Waals surface area contributed by atoms with Gasteiger partial charge in [-0.2, -0.15) is 5.10 Å². The Labute approximate surface area is 100.0 Å². The van der Waals surface area contributed by atoms with Crippen molar-refractivity contribution < 1.29 is 4.79 Å². The van der Waals surface area contributed by atoms with Crippen molar-refractivity contribution in [2.75, 3.05) is 0 Å². The largest absolute Gasteiger partial charge is 0.349 e. The second kappa shape index (κ2) is 4.45. The molecule has 0 saturated heterocycles. The average molecular weight is 242 g/mol.